The number of aryl methyl sites for hydroxylation is 1. The number of carbonyl (C=O) groups excluding carboxylic acids is 3. The number of phenols is 1. The largest absolute Gasteiger partial charge is 0.508 e. The van der Waals surface area contributed by atoms with Crippen LogP contribution in [0.15, 0.2) is 60.7 Å². The van der Waals surface area contributed by atoms with E-state index in [1.807, 2.05) is 24.3 Å². The third kappa shape index (κ3) is 7.04. The number of fused-ring (bicyclic) bond motifs is 2. The molecule has 3 amide bonds. The molecule has 9 nitrogen and oxygen atoms in total. The highest BCUT2D eigenvalue weighted by Crippen LogP contribution is 2.45. The van der Waals surface area contributed by atoms with Gasteiger partial charge in [0.25, 0.3) is 5.91 Å². The molecule has 0 unspecified atom stereocenters. The number of imide groups is 1. The van der Waals surface area contributed by atoms with E-state index in [0.29, 0.717) is 48.0 Å². The van der Waals surface area contributed by atoms with Crippen molar-refractivity contribution in [2.75, 3.05) is 55.6 Å². The van der Waals surface area contributed by atoms with E-state index in [0.717, 1.165) is 63.5 Å². The zero-order valence-corrected chi connectivity index (χ0v) is 30.7. The van der Waals surface area contributed by atoms with Crippen molar-refractivity contribution in [1.29, 1.82) is 0 Å². The molecule has 0 aromatic heterocycles. The van der Waals surface area contributed by atoms with Crippen LogP contribution in [0.3, 0.4) is 0 Å². The number of rotatable bonds is 8. The van der Waals surface area contributed by atoms with E-state index in [4.69, 9.17) is 0 Å². The maximum Gasteiger partial charge on any atom is 0.255 e. The number of nitrogens with one attached hydrogen (secondary N) is 1. The van der Waals surface area contributed by atoms with Crippen LogP contribution in [0.1, 0.15) is 90.9 Å². The lowest BCUT2D eigenvalue weighted by Crippen LogP contribution is -2.52. The Morgan fingerprint density at radius 2 is 1.50 bits per heavy atom. The van der Waals surface area contributed by atoms with Crippen LogP contribution in [0, 0.1) is 17.8 Å². The molecule has 274 valence electrons. The Balaban J connectivity index is 0.825. The standard InChI is InChI=1S/C43H53N5O4/c1-28(2)23-32-4-3-31-25-36(49)10-12-37(31)41(32)30-5-7-34(8-6-30)46-17-15-29(16-18-46)26-45-19-21-47(22-20-45)35-9-11-38-33(24-35)27-48(43(38)52)39-13-14-40(50)44-42(39)51/h5-12,24-25,28-29,32,39,41,49H,3-4,13-23,26-27H2,1-2H3,(H,44,50,51)/t32-,39+,41+/m0/s1. The number of benzene rings is 3. The average molecular weight is 704 g/mol. The summed E-state index contributed by atoms with van der Waals surface area (Å²) in [6.45, 7) is 12.4. The van der Waals surface area contributed by atoms with Crippen molar-refractivity contribution < 1.29 is 19.5 Å². The van der Waals surface area contributed by atoms with Gasteiger partial charge in [0.05, 0.1) is 0 Å². The minimum Gasteiger partial charge on any atom is -0.508 e. The molecule has 4 heterocycles. The highest BCUT2D eigenvalue weighted by atomic mass is 16.3. The van der Waals surface area contributed by atoms with Gasteiger partial charge in [-0.15, -0.1) is 0 Å². The van der Waals surface area contributed by atoms with Crippen LogP contribution in [-0.2, 0) is 22.6 Å². The number of aromatic hydroxyl groups is 1. The van der Waals surface area contributed by atoms with Gasteiger partial charge in [-0.2, -0.15) is 0 Å². The monoisotopic (exact) mass is 703 g/mol. The van der Waals surface area contributed by atoms with Crippen molar-refractivity contribution in [3.8, 4) is 5.75 Å². The predicted octanol–water partition coefficient (Wildman–Crippen LogP) is 5.93. The molecule has 0 bridgehead atoms. The maximum atomic E-state index is 13.1. The number of amides is 3. The maximum absolute atomic E-state index is 13.1. The van der Waals surface area contributed by atoms with Crippen LogP contribution >= 0.6 is 0 Å². The topological polar surface area (TPSA) is 96.4 Å². The minimum atomic E-state index is -0.581. The fraction of sp³-hybridized carbons (Fsp3) is 0.512. The lowest BCUT2D eigenvalue weighted by atomic mass is 9.69. The molecule has 0 spiro atoms. The zero-order valence-electron chi connectivity index (χ0n) is 30.7. The normalized spacial score (nSPS) is 24.3. The second-order valence-corrected chi connectivity index (χ2v) is 16.3. The van der Waals surface area contributed by atoms with Gasteiger partial charge in [-0.3, -0.25) is 24.6 Å². The number of carbonyl (C=O) groups is 3. The first-order valence-corrected chi connectivity index (χ1v) is 19.6. The average Bonchev–Trinajstić information content (AvgIpc) is 3.47. The molecular formula is C43H53N5O4. The van der Waals surface area contributed by atoms with E-state index in [9.17, 15) is 19.5 Å². The third-order valence-electron chi connectivity index (χ3n) is 12.5. The van der Waals surface area contributed by atoms with Gasteiger partial charge in [-0.05, 0) is 121 Å². The Kier molecular flexibility index (Phi) is 9.72. The summed E-state index contributed by atoms with van der Waals surface area (Å²) in [5.41, 5.74) is 8.20. The van der Waals surface area contributed by atoms with Crippen LogP contribution in [0.2, 0.25) is 0 Å². The van der Waals surface area contributed by atoms with Crippen molar-refractivity contribution in [1.82, 2.24) is 15.1 Å². The van der Waals surface area contributed by atoms with Crippen molar-refractivity contribution in [3.05, 3.63) is 88.5 Å². The number of phenolic OH excluding ortho intramolecular Hbond substituents is 1. The Morgan fingerprint density at radius 1 is 0.769 bits per heavy atom. The van der Waals surface area contributed by atoms with E-state index in [1.165, 1.54) is 48.1 Å². The van der Waals surface area contributed by atoms with Gasteiger partial charge in [0, 0.05) is 81.6 Å². The van der Waals surface area contributed by atoms with Gasteiger partial charge >= 0.3 is 0 Å². The van der Waals surface area contributed by atoms with Gasteiger partial charge in [-0.25, -0.2) is 0 Å². The molecule has 9 heteroatoms. The minimum absolute atomic E-state index is 0.118. The molecule has 3 aromatic rings. The summed E-state index contributed by atoms with van der Waals surface area (Å²) in [5.74, 6) is 2.00. The summed E-state index contributed by atoms with van der Waals surface area (Å²) in [7, 11) is 0. The number of piperidine rings is 2. The fourth-order valence-electron chi connectivity index (χ4n) is 9.76. The quantitative estimate of drug-likeness (QED) is 0.281. The first-order chi connectivity index (χ1) is 25.2. The van der Waals surface area contributed by atoms with Crippen LogP contribution in [0.25, 0.3) is 0 Å². The van der Waals surface area contributed by atoms with Gasteiger partial charge in [0.2, 0.25) is 11.8 Å². The predicted molar refractivity (Wildman–Crippen MR) is 204 cm³/mol. The van der Waals surface area contributed by atoms with Crippen LogP contribution in [0.5, 0.6) is 5.75 Å². The van der Waals surface area contributed by atoms with Crippen molar-refractivity contribution >= 4 is 29.1 Å². The molecule has 4 aliphatic heterocycles. The van der Waals surface area contributed by atoms with Crippen LogP contribution in [-0.4, -0.2) is 84.5 Å². The lowest BCUT2D eigenvalue weighted by molar-refractivity contribution is -0.136. The molecule has 3 aromatic carbocycles. The SMILES string of the molecule is CC(C)C[C@@H]1CCc2cc(O)ccc2[C@@H]1c1ccc(N2CCC(CN3CCN(c4ccc5c(c4)CN([C@@H]4CCC(=O)NC4=O)C5=O)CC3)CC2)cc1. The molecule has 2 N–H and O–H groups in total. The lowest BCUT2D eigenvalue weighted by Gasteiger charge is -2.40. The second kappa shape index (κ2) is 14.6. The van der Waals surface area contributed by atoms with E-state index < -0.39 is 6.04 Å². The molecule has 8 rings (SSSR count). The summed E-state index contributed by atoms with van der Waals surface area (Å²) >= 11 is 0. The summed E-state index contributed by atoms with van der Waals surface area (Å²) in [4.78, 5) is 46.4. The van der Waals surface area contributed by atoms with Crippen LogP contribution in [0.4, 0.5) is 11.4 Å². The number of hydrogen-bond acceptors (Lipinski definition) is 7. The molecular weight excluding hydrogens is 651 g/mol. The highest BCUT2D eigenvalue weighted by Gasteiger charge is 2.39. The fourth-order valence-corrected chi connectivity index (χ4v) is 9.76. The number of nitrogens with zero attached hydrogens (tertiary/aromatic N) is 4. The van der Waals surface area contributed by atoms with Gasteiger partial charge in [-0.1, -0.05) is 32.0 Å². The smallest absolute Gasteiger partial charge is 0.255 e. The molecule has 0 radical (unpaired) electrons. The number of anilines is 2. The summed E-state index contributed by atoms with van der Waals surface area (Å²) < 4.78 is 0. The molecule has 5 aliphatic rings. The molecule has 0 saturated carbocycles. The summed E-state index contributed by atoms with van der Waals surface area (Å²) in [5, 5.41) is 12.5. The zero-order chi connectivity index (χ0) is 35.9. The second-order valence-electron chi connectivity index (χ2n) is 16.3. The number of hydrogen-bond donors (Lipinski definition) is 2. The first kappa shape index (κ1) is 34.7. The summed E-state index contributed by atoms with van der Waals surface area (Å²) in [6.07, 6.45) is 6.51. The van der Waals surface area contributed by atoms with Crippen molar-refractivity contribution in [3.63, 3.8) is 0 Å². The number of piperazine rings is 1. The Morgan fingerprint density at radius 3 is 2.23 bits per heavy atom. The van der Waals surface area contributed by atoms with Crippen molar-refractivity contribution in [2.45, 2.75) is 77.3 Å². The first-order valence-electron chi connectivity index (χ1n) is 19.6. The highest BCUT2D eigenvalue weighted by molar-refractivity contribution is 6.05. The Hall–Kier alpha value is -4.37. The molecule has 3 fully saturated rings. The molecule has 3 saturated heterocycles. The van der Waals surface area contributed by atoms with E-state index in [1.54, 1.807) is 4.90 Å². The van der Waals surface area contributed by atoms with Gasteiger partial charge < -0.3 is 19.8 Å². The van der Waals surface area contributed by atoms with Crippen molar-refractivity contribution in [2.24, 2.45) is 17.8 Å². The van der Waals surface area contributed by atoms with E-state index in [2.05, 4.69) is 70.3 Å². The Labute approximate surface area is 308 Å². The van der Waals surface area contributed by atoms with Gasteiger partial charge in [0.1, 0.15) is 11.8 Å². The third-order valence-corrected chi connectivity index (χ3v) is 12.5. The van der Waals surface area contributed by atoms with Gasteiger partial charge in [0.15, 0.2) is 0 Å². The summed E-state index contributed by atoms with van der Waals surface area (Å²) in [6, 6.07) is 20.9. The molecule has 3 atom stereocenters. The van der Waals surface area contributed by atoms with E-state index >= 15 is 0 Å². The van der Waals surface area contributed by atoms with Crippen LogP contribution < -0.4 is 15.1 Å². The van der Waals surface area contributed by atoms with E-state index in [-0.39, 0.29) is 24.1 Å². The Bertz CT molecular complexity index is 1810. The molecule has 52 heavy (non-hydrogen) atoms. The molecule has 1 aliphatic carbocycles.